The summed E-state index contributed by atoms with van der Waals surface area (Å²) in [6, 6.07) is 4.16. The molecule has 0 bridgehead atoms. The lowest BCUT2D eigenvalue weighted by Gasteiger charge is -2.23. The van der Waals surface area contributed by atoms with Crippen LogP contribution in [0.3, 0.4) is 0 Å². The highest BCUT2D eigenvalue weighted by molar-refractivity contribution is 7.87. The van der Waals surface area contributed by atoms with Gasteiger partial charge in [0.25, 0.3) is 0 Å². The van der Waals surface area contributed by atoms with Crippen LogP contribution in [-0.2, 0) is 15.5 Å². The number of benzene rings is 1. The number of phenolic OH excluding ortho intramolecular Hbond substituents is 1. The molecule has 1 rings (SSSR count). The maximum atomic E-state index is 11.4. The van der Waals surface area contributed by atoms with E-state index in [0.29, 0.717) is 5.56 Å². The SMILES string of the molecule is CCS(=O)(=O)Oc1ccc(O)c(C(C)(C)CO)c1. The van der Waals surface area contributed by atoms with E-state index in [-0.39, 0.29) is 23.9 Å². The van der Waals surface area contributed by atoms with Crippen LogP contribution in [0, 0.1) is 0 Å². The van der Waals surface area contributed by atoms with Crippen LogP contribution < -0.4 is 4.18 Å². The van der Waals surface area contributed by atoms with Crippen LogP contribution in [0.15, 0.2) is 18.2 Å². The fourth-order valence-corrected chi connectivity index (χ4v) is 1.91. The Kier molecular flexibility index (Phi) is 4.24. The van der Waals surface area contributed by atoms with E-state index in [1.54, 1.807) is 13.8 Å². The number of aliphatic hydroxyl groups excluding tert-OH is 1. The van der Waals surface area contributed by atoms with Gasteiger partial charge < -0.3 is 14.4 Å². The molecule has 0 amide bonds. The zero-order valence-electron chi connectivity index (χ0n) is 10.7. The minimum atomic E-state index is -3.60. The number of hydrogen-bond donors (Lipinski definition) is 2. The van der Waals surface area contributed by atoms with Gasteiger partial charge in [0.1, 0.15) is 11.5 Å². The number of aliphatic hydroxyl groups is 1. The van der Waals surface area contributed by atoms with E-state index in [1.807, 2.05) is 0 Å². The zero-order chi connectivity index (χ0) is 14.0. The monoisotopic (exact) mass is 274 g/mol. The van der Waals surface area contributed by atoms with Gasteiger partial charge in [-0.25, -0.2) is 0 Å². The molecule has 0 heterocycles. The number of aromatic hydroxyl groups is 1. The van der Waals surface area contributed by atoms with Crippen molar-refractivity contribution in [1.29, 1.82) is 0 Å². The van der Waals surface area contributed by atoms with E-state index in [1.165, 1.54) is 25.1 Å². The lowest BCUT2D eigenvalue weighted by molar-refractivity contribution is 0.215. The Balaban J connectivity index is 3.17. The van der Waals surface area contributed by atoms with Gasteiger partial charge in [-0.3, -0.25) is 0 Å². The van der Waals surface area contributed by atoms with Gasteiger partial charge in [0.2, 0.25) is 0 Å². The zero-order valence-corrected chi connectivity index (χ0v) is 11.5. The summed E-state index contributed by atoms with van der Waals surface area (Å²) in [7, 11) is -3.60. The van der Waals surface area contributed by atoms with Crippen molar-refractivity contribution in [3.63, 3.8) is 0 Å². The summed E-state index contributed by atoms with van der Waals surface area (Å²) in [4.78, 5) is 0. The molecular formula is C12H18O5S. The van der Waals surface area contributed by atoms with Gasteiger partial charge in [0.05, 0.1) is 12.4 Å². The van der Waals surface area contributed by atoms with Crippen LogP contribution >= 0.6 is 0 Å². The molecule has 1 aromatic carbocycles. The van der Waals surface area contributed by atoms with Crippen molar-refractivity contribution in [2.75, 3.05) is 12.4 Å². The summed E-state index contributed by atoms with van der Waals surface area (Å²) in [6.45, 7) is 4.78. The molecule has 1 aromatic rings. The van der Waals surface area contributed by atoms with Crippen molar-refractivity contribution < 1.29 is 22.8 Å². The van der Waals surface area contributed by atoms with Crippen LogP contribution in [-0.4, -0.2) is 31.0 Å². The van der Waals surface area contributed by atoms with Gasteiger partial charge in [0, 0.05) is 11.0 Å². The summed E-state index contributed by atoms with van der Waals surface area (Å²) >= 11 is 0. The average Bonchev–Trinajstić information content (AvgIpc) is 2.31. The summed E-state index contributed by atoms with van der Waals surface area (Å²) in [5.41, 5.74) is -0.242. The van der Waals surface area contributed by atoms with Gasteiger partial charge in [-0.2, -0.15) is 8.42 Å². The number of rotatable bonds is 5. The van der Waals surface area contributed by atoms with Gasteiger partial charge >= 0.3 is 10.1 Å². The molecule has 2 N–H and O–H groups in total. The van der Waals surface area contributed by atoms with Gasteiger partial charge in [-0.05, 0) is 25.1 Å². The van der Waals surface area contributed by atoms with E-state index < -0.39 is 15.5 Å². The summed E-state index contributed by atoms with van der Waals surface area (Å²) in [5.74, 6) is -0.00598. The second kappa shape index (κ2) is 5.16. The molecule has 0 radical (unpaired) electrons. The Bertz CT molecular complexity index is 519. The molecule has 6 heteroatoms. The molecule has 0 aliphatic heterocycles. The Morgan fingerprint density at radius 2 is 1.94 bits per heavy atom. The molecule has 0 atom stereocenters. The van der Waals surface area contributed by atoms with Crippen molar-refractivity contribution in [3.05, 3.63) is 23.8 Å². The third-order valence-corrected chi connectivity index (χ3v) is 3.82. The lowest BCUT2D eigenvalue weighted by atomic mass is 9.85. The largest absolute Gasteiger partial charge is 0.508 e. The van der Waals surface area contributed by atoms with Gasteiger partial charge in [0.15, 0.2) is 0 Å². The third-order valence-electron chi connectivity index (χ3n) is 2.67. The molecule has 0 aromatic heterocycles. The Hall–Kier alpha value is -1.27. The van der Waals surface area contributed by atoms with E-state index in [4.69, 9.17) is 4.18 Å². The number of hydrogen-bond acceptors (Lipinski definition) is 5. The smallest absolute Gasteiger partial charge is 0.308 e. The first kappa shape index (κ1) is 14.8. The van der Waals surface area contributed by atoms with Crippen LogP contribution in [0.5, 0.6) is 11.5 Å². The van der Waals surface area contributed by atoms with E-state index in [9.17, 15) is 18.6 Å². The standard InChI is InChI=1S/C12H18O5S/c1-4-18(15,16)17-9-5-6-11(14)10(7-9)12(2,3)8-13/h5-7,13-14H,4,8H2,1-3H3. The minimum absolute atomic E-state index is 0.00436. The molecule has 0 spiro atoms. The second-order valence-corrected chi connectivity index (χ2v) is 6.51. The highest BCUT2D eigenvalue weighted by Gasteiger charge is 2.24. The molecule has 0 saturated carbocycles. The van der Waals surface area contributed by atoms with Crippen LogP contribution in [0.25, 0.3) is 0 Å². The minimum Gasteiger partial charge on any atom is -0.508 e. The first-order chi connectivity index (χ1) is 8.22. The second-order valence-electron chi connectivity index (χ2n) is 4.65. The highest BCUT2D eigenvalue weighted by atomic mass is 32.2. The lowest BCUT2D eigenvalue weighted by Crippen LogP contribution is -2.22. The predicted octanol–water partition coefficient (Wildman–Crippen LogP) is 1.39. The van der Waals surface area contributed by atoms with Gasteiger partial charge in [-0.15, -0.1) is 0 Å². The van der Waals surface area contributed by atoms with Crippen molar-refractivity contribution in [2.45, 2.75) is 26.2 Å². The molecule has 18 heavy (non-hydrogen) atoms. The van der Waals surface area contributed by atoms with Crippen molar-refractivity contribution in [2.24, 2.45) is 0 Å². The number of phenols is 1. The van der Waals surface area contributed by atoms with Crippen molar-refractivity contribution >= 4 is 10.1 Å². The molecule has 0 aliphatic rings. The molecule has 0 fully saturated rings. The molecule has 102 valence electrons. The van der Waals surface area contributed by atoms with Gasteiger partial charge in [-0.1, -0.05) is 13.8 Å². The Morgan fingerprint density at radius 3 is 2.44 bits per heavy atom. The molecule has 5 nitrogen and oxygen atoms in total. The van der Waals surface area contributed by atoms with E-state index in [0.717, 1.165) is 0 Å². The molecule has 0 saturated heterocycles. The Morgan fingerprint density at radius 1 is 1.33 bits per heavy atom. The predicted molar refractivity (Wildman–Crippen MR) is 68.3 cm³/mol. The van der Waals surface area contributed by atoms with Crippen molar-refractivity contribution in [3.8, 4) is 11.5 Å². The van der Waals surface area contributed by atoms with Crippen LogP contribution in [0.1, 0.15) is 26.3 Å². The van der Waals surface area contributed by atoms with E-state index >= 15 is 0 Å². The quantitative estimate of drug-likeness (QED) is 0.793. The fourth-order valence-electron chi connectivity index (χ4n) is 1.40. The molecule has 0 aliphatic carbocycles. The molecule has 0 unspecified atom stereocenters. The fraction of sp³-hybridized carbons (Fsp3) is 0.500. The first-order valence-electron chi connectivity index (χ1n) is 5.58. The topological polar surface area (TPSA) is 83.8 Å². The van der Waals surface area contributed by atoms with Crippen molar-refractivity contribution in [1.82, 2.24) is 0 Å². The third kappa shape index (κ3) is 3.36. The normalized spacial score (nSPS) is 12.4. The van der Waals surface area contributed by atoms with Crippen LogP contribution in [0.4, 0.5) is 0 Å². The first-order valence-corrected chi connectivity index (χ1v) is 7.16. The summed E-state index contributed by atoms with van der Waals surface area (Å²) in [6.07, 6.45) is 0. The maximum Gasteiger partial charge on any atom is 0.308 e. The summed E-state index contributed by atoms with van der Waals surface area (Å²) in [5, 5.41) is 19.0. The average molecular weight is 274 g/mol. The molecular weight excluding hydrogens is 256 g/mol. The van der Waals surface area contributed by atoms with E-state index in [2.05, 4.69) is 0 Å². The highest BCUT2D eigenvalue weighted by Crippen LogP contribution is 2.33. The Labute approximate surface area is 107 Å². The van der Waals surface area contributed by atoms with Crippen LogP contribution in [0.2, 0.25) is 0 Å². The summed E-state index contributed by atoms with van der Waals surface area (Å²) < 4.78 is 27.6. The maximum absolute atomic E-state index is 11.4.